The van der Waals surface area contributed by atoms with Crippen molar-refractivity contribution < 1.29 is 23.1 Å². The lowest BCUT2D eigenvalue weighted by Gasteiger charge is -2.37. The maximum absolute atomic E-state index is 13.4. The summed E-state index contributed by atoms with van der Waals surface area (Å²) in [6.07, 6.45) is 2.15. The van der Waals surface area contributed by atoms with Crippen LogP contribution in [0.2, 0.25) is 0 Å². The predicted octanol–water partition coefficient (Wildman–Crippen LogP) is 0.365. The van der Waals surface area contributed by atoms with Crippen molar-refractivity contribution in [3.63, 3.8) is 0 Å². The highest BCUT2D eigenvalue weighted by molar-refractivity contribution is 7.50. The Kier molecular flexibility index (Phi) is 5.03. The van der Waals surface area contributed by atoms with Crippen molar-refractivity contribution in [2.24, 2.45) is 5.92 Å². The Bertz CT molecular complexity index is 702. The molecule has 11 heteroatoms. The summed E-state index contributed by atoms with van der Waals surface area (Å²) in [6, 6.07) is -0.199. The predicted molar refractivity (Wildman–Crippen MR) is 82.8 cm³/mol. The summed E-state index contributed by atoms with van der Waals surface area (Å²) >= 11 is 0. The summed E-state index contributed by atoms with van der Waals surface area (Å²) < 4.78 is 38.6. The Morgan fingerprint density at radius 1 is 1.46 bits per heavy atom. The van der Waals surface area contributed by atoms with Crippen LogP contribution < -0.4 is 11.4 Å². The lowest BCUT2D eigenvalue weighted by atomic mass is 9.81. The first kappa shape index (κ1) is 17.5. The van der Waals surface area contributed by atoms with Crippen LogP contribution in [0, 0.1) is 11.7 Å². The Morgan fingerprint density at radius 2 is 2.12 bits per heavy atom. The molecule has 0 aromatic carbocycles. The second-order valence-electron chi connectivity index (χ2n) is 6.01. The number of nitrogens with zero attached hydrogens (tertiary/aromatic N) is 3. The highest BCUT2D eigenvalue weighted by atomic mass is 31.2. The van der Waals surface area contributed by atoms with E-state index < -0.39 is 25.1 Å². The molecule has 1 saturated carbocycles. The number of aromatic nitrogens is 2. The van der Waals surface area contributed by atoms with E-state index in [0.29, 0.717) is 39.1 Å². The van der Waals surface area contributed by atoms with Gasteiger partial charge in [-0.2, -0.15) is 4.98 Å². The van der Waals surface area contributed by atoms with Crippen LogP contribution in [0.1, 0.15) is 18.9 Å². The van der Waals surface area contributed by atoms with Crippen LogP contribution in [0.15, 0.2) is 11.0 Å². The molecule has 1 aliphatic carbocycles. The van der Waals surface area contributed by atoms with Crippen molar-refractivity contribution in [3.8, 4) is 0 Å². The molecule has 3 rings (SSSR count). The molecule has 1 aromatic heterocycles. The van der Waals surface area contributed by atoms with Crippen LogP contribution in [0.4, 0.5) is 10.2 Å². The zero-order valence-electron chi connectivity index (χ0n) is 13.0. The van der Waals surface area contributed by atoms with Crippen LogP contribution in [0.3, 0.4) is 0 Å². The number of hydrogen-bond acceptors (Lipinski definition) is 6. The fraction of sp³-hybridized carbons (Fsp3) is 0.692. The SMILES string of the molecule is Nc1nc(=O)n(C2CC(COP(=O)(O)N3CCOCC3)C2)cc1F. The first-order valence-corrected chi connectivity index (χ1v) is 9.24. The standard InChI is InChI=1S/C13H20FN4O5P/c14-11-7-18(13(19)16-12(11)15)10-5-9(6-10)8-23-24(20,21)17-1-3-22-4-2-17/h7,9-10H,1-6,8H2,(H,20,21)(H2,15,16,19). The van der Waals surface area contributed by atoms with E-state index in [0.717, 1.165) is 6.20 Å². The monoisotopic (exact) mass is 362 g/mol. The van der Waals surface area contributed by atoms with E-state index >= 15 is 0 Å². The summed E-state index contributed by atoms with van der Waals surface area (Å²) in [4.78, 5) is 25.1. The molecule has 1 aliphatic heterocycles. The van der Waals surface area contributed by atoms with Crippen LogP contribution in [-0.2, 0) is 13.8 Å². The topological polar surface area (TPSA) is 120 Å². The first-order valence-electron chi connectivity index (χ1n) is 7.71. The van der Waals surface area contributed by atoms with E-state index in [1.54, 1.807) is 0 Å². The molecule has 2 aliphatic rings. The summed E-state index contributed by atoms with van der Waals surface area (Å²) in [5.74, 6) is -1.12. The molecule has 3 N–H and O–H groups in total. The number of halogens is 1. The molecule has 0 bridgehead atoms. The van der Waals surface area contributed by atoms with E-state index in [-0.39, 0.29) is 18.6 Å². The molecule has 1 aromatic rings. The molecule has 1 atom stereocenters. The Morgan fingerprint density at radius 3 is 2.79 bits per heavy atom. The second-order valence-corrected chi connectivity index (χ2v) is 7.81. The van der Waals surface area contributed by atoms with Gasteiger partial charge in [-0.25, -0.2) is 18.4 Å². The third-order valence-electron chi connectivity index (χ3n) is 4.36. The van der Waals surface area contributed by atoms with E-state index in [1.807, 2.05) is 0 Å². The number of anilines is 1. The van der Waals surface area contributed by atoms with Crippen molar-refractivity contribution in [3.05, 3.63) is 22.5 Å². The molecule has 24 heavy (non-hydrogen) atoms. The normalized spacial score (nSPS) is 27.4. The molecular weight excluding hydrogens is 342 g/mol. The largest absolute Gasteiger partial charge is 0.405 e. The minimum absolute atomic E-state index is 0.0315. The third-order valence-corrected chi connectivity index (χ3v) is 5.96. The van der Waals surface area contributed by atoms with Gasteiger partial charge in [-0.05, 0) is 18.8 Å². The minimum Gasteiger partial charge on any atom is -0.381 e. The summed E-state index contributed by atoms with van der Waals surface area (Å²) in [5, 5.41) is 0. The van der Waals surface area contributed by atoms with Crippen molar-refractivity contribution in [2.75, 3.05) is 38.6 Å². The minimum atomic E-state index is -3.82. The van der Waals surface area contributed by atoms with Crippen molar-refractivity contribution in [2.45, 2.75) is 18.9 Å². The van der Waals surface area contributed by atoms with E-state index in [4.69, 9.17) is 15.0 Å². The number of nitrogens with two attached hydrogens (primary N) is 1. The highest BCUT2D eigenvalue weighted by Crippen LogP contribution is 2.48. The number of nitrogen functional groups attached to an aromatic ring is 1. The van der Waals surface area contributed by atoms with Gasteiger partial charge in [0, 0.05) is 25.3 Å². The molecule has 2 heterocycles. The van der Waals surface area contributed by atoms with Gasteiger partial charge < -0.3 is 15.4 Å². The summed E-state index contributed by atoms with van der Waals surface area (Å²) in [6.45, 7) is 1.62. The second kappa shape index (κ2) is 6.89. The van der Waals surface area contributed by atoms with Crippen molar-refractivity contribution in [1.29, 1.82) is 0 Å². The summed E-state index contributed by atoms with van der Waals surface area (Å²) in [7, 11) is -3.82. The van der Waals surface area contributed by atoms with Crippen LogP contribution >= 0.6 is 7.75 Å². The van der Waals surface area contributed by atoms with Crippen molar-refractivity contribution >= 4 is 13.6 Å². The van der Waals surface area contributed by atoms with Crippen LogP contribution in [-0.4, -0.2) is 52.0 Å². The van der Waals surface area contributed by atoms with Crippen molar-refractivity contribution in [1.82, 2.24) is 14.2 Å². The fourth-order valence-corrected chi connectivity index (χ4v) is 4.11. The average Bonchev–Trinajstić information content (AvgIpc) is 2.51. The lowest BCUT2D eigenvalue weighted by molar-refractivity contribution is 0.0473. The zero-order valence-corrected chi connectivity index (χ0v) is 13.9. The van der Waals surface area contributed by atoms with Gasteiger partial charge >= 0.3 is 13.4 Å². The zero-order chi connectivity index (χ0) is 17.3. The number of ether oxygens (including phenoxy) is 1. The van der Waals surface area contributed by atoms with Gasteiger partial charge in [-0.3, -0.25) is 9.09 Å². The number of hydrogen-bond donors (Lipinski definition) is 2. The molecule has 0 spiro atoms. The highest BCUT2D eigenvalue weighted by Gasteiger charge is 2.36. The quantitative estimate of drug-likeness (QED) is 0.721. The summed E-state index contributed by atoms with van der Waals surface area (Å²) in [5.41, 5.74) is 4.65. The molecular formula is C13H20FN4O5P. The van der Waals surface area contributed by atoms with Gasteiger partial charge in [0.2, 0.25) is 0 Å². The number of morpholine rings is 1. The first-order chi connectivity index (χ1) is 11.4. The molecule has 0 radical (unpaired) electrons. The van der Waals surface area contributed by atoms with Crippen LogP contribution in [0.25, 0.3) is 0 Å². The van der Waals surface area contributed by atoms with Gasteiger partial charge in [-0.15, -0.1) is 0 Å². The molecule has 1 saturated heterocycles. The maximum atomic E-state index is 13.4. The van der Waals surface area contributed by atoms with E-state index in [1.165, 1.54) is 9.24 Å². The third kappa shape index (κ3) is 3.68. The molecule has 2 fully saturated rings. The smallest absolute Gasteiger partial charge is 0.381 e. The molecule has 9 nitrogen and oxygen atoms in total. The van der Waals surface area contributed by atoms with E-state index in [9.17, 15) is 18.6 Å². The van der Waals surface area contributed by atoms with E-state index in [2.05, 4.69) is 4.98 Å². The maximum Gasteiger partial charge on any atom is 0.405 e. The average molecular weight is 362 g/mol. The van der Waals surface area contributed by atoms with Gasteiger partial charge in [-0.1, -0.05) is 0 Å². The van der Waals surface area contributed by atoms with Gasteiger partial charge in [0.15, 0.2) is 11.6 Å². The molecule has 0 amide bonds. The van der Waals surface area contributed by atoms with Gasteiger partial charge in [0.05, 0.1) is 19.8 Å². The van der Waals surface area contributed by atoms with Gasteiger partial charge in [0.1, 0.15) is 0 Å². The van der Waals surface area contributed by atoms with Gasteiger partial charge in [0.25, 0.3) is 0 Å². The lowest BCUT2D eigenvalue weighted by Crippen LogP contribution is -2.38. The number of rotatable bonds is 5. The molecule has 134 valence electrons. The Balaban J connectivity index is 1.51. The Labute approximate surface area is 137 Å². The molecule has 1 unspecified atom stereocenters. The Hall–Kier alpha value is -1.32. The van der Waals surface area contributed by atoms with Crippen LogP contribution in [0.5, 0.6) is 0 Å². The fourth-order valence-electron chi connectivity index (χ4n) is 2.87.